The third-order valence-corrected chi connectivity index (χ3v) is 13.9. The highest BCUT2D eigenvalue weighted by Gasteiger charge is 2.38. The van der Waals surface area contributed by atoms with E-state index < -0.39 is 23.0 Å². The molecule has 560 valence electrons. The Bertz CT molecular complexity index is 2380. The van der Waals surface area contributed by atoms with Crippen molar-refractivity contribution in [2.24, 2.45) is 38.2 Å². The molecule has 1 rings (SSSR count). The molecule has 0 aliphatic rings. The van der Waals surface area contributed by atoms with Crippen LogP contribution in [0.15, 0.2) is 30.6 Å². The molecule has 7 atom stereocenters. The van der Waals surface area contributed by atoms with Crippen molar-refractivity contribution in [1.29, 1.82) is 0 Å². The summed E-state index contributed by atoms with van der Waals surface area (Å²) in [5.74, 6) is 1.29. The van der Waals surface area contributed by atoms with Crippen LogP contribution < -0.4 is 37.6 Å². The van der Waals surface area contributed by atoms with Gasteiger partial charge in [0.15, 0.2) is 34.7 Å². The number of aliphatic hydroxyl groups is 1. The van der Waals surface area contributed by atoms with E-state index in [1.165, 1.54) is 6.92 Å². The zero-order chi connectivity index (χ0) is 77.3. The van der Waals surface area contributed by atoms with Crippen LogP contribution in [-0.4, -0.2) is 126 Å². The van der Waals surface area contributed by atoms with E-state index >= 15 is 0 Å². The van der Waals surface area contributed by atoms with Crippen molar-refractivity contribution < 1.29 is 38.7 Å². The summed E-state index contributed by atoms with van der Waals surface area (Å²) in [7, 11) is 0. The predicted octanol–water partition coefficient (Wildman–Crippen LogP) is 15.5. The van der Waals surface area contributed by atoms with Gasteiger partial charge in [-0.1, -0.05) is 152 Å². The molecule has 0 radical (unpaired) electrons. The maximum Gasteiger partial charge on any atom is 0.157 e. The molecule has 95 heavy (non-hydrogen) atoms. The largest absolute Gasteiger partial charge is 0.403 e. The number of nitrogens with one attached hydrogen (secondary N) is 7. The summed E-state index contributed by atoms with van der Waals surface area (Å²) in [5, 5.41) is 29.9. The summed E-state index contributed by atoms with van der Waals surface area (Å²) in [4.78, 5) is 87.6. The smallest absolute Gasteiger partial charge is 0.157 e. The van der Waals surface area contributed by atoms with Gasteiger partial charge in [0.05, 0.1) is 42.4 Å². The Kier molecular flexibility index (Phi) is 42.6. The minimum Gasteiger partial charge on any atom is -0.403 e. The number of carbonyl (C=O) groups excluding carboxylic acids is 7. The van der Waals surface area contributed by atoms with Crippen LogP contribution >= 0.6 is 0 Å². The fourth-order valence-corrected chi connectivity index (χ4v) is 9.46. The minimum absolute atomic E-state index is 0.00157. The third-order valence-electron chi connectivity index (χ3n) is 13.9. The maximum atomic E-state index is 12.5. The van der Waals surface area contributed by atoms with Crippen molar-refractivity contribution in [3.63, 3.8) is 0 Å². The highest BCUT2D eigenvalue weighted by molar-refractivity contribution is 5.93. The van der Waals surface area contributed by atoms with Gasteiger partial charge in [-0.25, -0.2) is 0 Å². The second kappa shape index (κ2) is 40.5. The van der Waals surface area contributed by atoms with Crippen molar-refractivity contribution in [2.45, 2.75) is 397 Å². The summed E-state index contributed by atoms with van der Waals surface area (Å²) in [5.41, 5.74) is 4.80. The molecule has 10 N–H and O–H groups in total. The van der Waals surface area contributed by atoms with Crippen LogP contribution in [0.3, 0.4) is 0 Å². The van der Waals surface area contributed by atoms with Crippen molar-refractivity contribution in [2.75, 3.05) is 0 Å². The first-order chi connectivity index (χ1) is 41.6. The zero-order valence-electron chi connectivity index (χ0n) is 69.3. The van der Waals surface area contributed by atoms with E-state index in [9.17, 15) is 38.7 Å². The molecule has 1 heterocycles. The van der Waals surface area contributed by atoms with Gasteiger partial charge >= 0.3 is 0 Å². The van der Waals surface area contributed by atoms with Gasteiger partial charge in [0, 0.05) is 96.2 Å². The number of allylic oxidation sites excluding steroid dienone is 1. The molecule has 1 aromatic heterocycles. The van der Waals surface area contributed by atoms with Gasteiger partial charge in [0.2, 0.25) is 0 Å². The third kappa shape index (κ3) is 52.0. The highest BCUT2D eigenvalue weighted by Crippen LogP contribution is 2.26. The number of rotatable bonds is 23. The lowest BCUT2D eigenvalue weighted by Crippen LogP contribution is -2.56. The molecule has 0 spiro atoms. The van der Waals surface area contributed by atoms with Crippen molar-refractivity contribution in [3.05, 3.63) is 36.3 Å². The SMILES string of the molecule is C=C(N)CCC(NC(C)(C)C)C(=O)C(C)(C)C.CC(=O)CC(NC(C)(C)C)C(=O)C(C)(C)C.CC(C)(C)NC(Cc1ccc[nH]1)C(=O)C(C)(C)C.CCC(NC(C)(C)C)C(=O)C(C)(C)C.CCC(NC(C)(C)C)C(=O)C(C)(C)C.CCC(O)C(NC(C)(C)C)C(=O)C(C)(C)C. The van der Waals surface area contributed by atoms with Gasteiger partial charge in [-0.05, 0) is 176 Å². The van der Waals surface area contributed by atoms with E-state index in [0.717, 1.165) is 18.5 Å². The number of nitrogens with two attached hydrogens (primary N) is 1. The Hall–Kier alpha value is -3.77. The summed E-state index contributed by atoms with van der Waals surface area (Å²) >= 11 is 0. The molecule has 0 bridgehead atoms. The lowest BCUT2D eigenvalue weighted by atomic mass is 9.83. The average molecular weight is 1350 g/mol. The number of aromatic amines is 1. The molecule has 0 aliphatic carbocycles. The number of ketones is 7. The molecule has 0 saturated heterocycles. The van der Waals surface area contributed by atoms with Crippen LogP contribution in [0.2, 0.25) is 0 Å². The van der Waals surface area contributed by atoms with Crippen LogP contribution in [0.1, 0.15) is 321 Å². The molecular weight excluding hydrogens is 1190 g/mol. The standard InChI is InChI=1S/C15H26N2O.C14H28N2O.C13H25NO2.C13H27NO2.2C12H25NO/c1-14(2,3)13(18)12(17-15(4,5)6)10-11-8-7-9-16-11;1-10(15)8-9-11(16-14(5,6)7)12(17)13(2,3)4;1-9(15)8-10(14-13(5,6)7)11(16)12(2,3)4;1-8-9(15)10(14-13(5,6)7)11(16)12(2,3)4;2*1-8-9(13-12(5,6)7)10(14)11(2,3)4/h7-9,12,16-17H,10H2,1-6H3;11,16H,1,8-9,15H2,2-7H3;10,14H,8H2,1-7H3;9-10,14-15H,8H2,1-7H3;2*9,13H,8H2,1-7H3. The molecule has 16 heteroatoms. The summed E-state index contributed by atoms with van der Waals surface area (Å²) in [6.07, 6.45) is 5.93. The quantitative estimate of drug-likeness (QED) is 0.0494. The maximum absolute atomic E-state index is 12.5. The first kappa shape index (κ1) is 99.9. The van der Waals surface area contributed by atoms with E-state index in [2.05, 4.69) is 127 Å². The number of H-pyrrole nitrogens is 1. The average Bonchev–Trinajstić information content (AvgIpc) is 1.47. The Morgan fingerprint density at radius 1 is 0.411 bits per heavy atom. The van der Waals surface area contributed by atoms with Crippen molar-refractivity contribution in [1.82, 2.24) is 36.9 Å². The molecule has 0 aliphatic heterocycles. The van der Waals surface area contributed by atoms with E-state index in [1.54, 1.807) is 0 Å². The summed E-state index contributed by atoms with van der Waals surface area (Å²) in [6.45, 7) is 83.1. The normalized spacial score (nSPS) is 15.2. The van der Waals surface area contributed by atoms with Crippen molar-refractivity contribution in [3.8, 4) is 0 Å². The van der Waals surface area contributed by atoms with Crippen LogP contribution in [0, 0.1) is 32.5 Å². The minimum atomic E-state index is -0.619. The van der Waals surface area contributed by atoms with Gasteiger partial charge in [0.1, 0.15) is 5.78 Å². The number of aliphatic hydroxyl groups excluding tert-OH is 1. The van der Waals surface area contributed by atoms with E-state index in [-0.39, 0.29) is 120 Å². The van der Waals surface area contributed by atoms with Crippen LogP contribution in [0.25, 0.3) is 0 Å². The van der Waals surface area contributed by atoms with Crippen molar-refractivity contribution >= 4 is 40.5 Å². The van der Waals surface area contributed by atoms with E-state index in [1.807, 2.05) is 205 Å². The molecule has 0 saturated carbocycles. The monoisotopic (exact) mass is 1350 g/mol. The molecular formula is C79H156N8O8. The van der Waals surface area contributed by atoms with Crippen LogP contribution in [0.4, 0.5) is 0 Å². The van der Waals surface area contributed by atoms with Gasteiger partial charge in [-0.15, -0.1) is 0 Å². The molecule has 0 aromatic carbocycles. The van der Waals surface area contributed by atoms with Gasteiger partial charge < -0.3 is 47.7 Å². The molecule has 16 nitrogen and oxygen atoms in total. The number of hydrogen-bond acceptors (Lipinski definition) is 15. The summed E-state index contributed by atoms with van der Waals surface area (Å²) in [6, 6.07) is 2.78. The Balaban J connectivity index is -0.000000342. The van der Waals surface area contributed by atoms with Gasteiger partial charge in [-0.3, -0.25) is 33.6 Å². The molecule has 0 fully saturated rings. The zero-order valence-corrected chi connectivity index (χ0v) is 69.3. The number of carbonyl (C=O) groups is 7. The second-order valence-corrected chi connectivity index (χ2v) is 38.6. The fourth-order valence-electron chi connectivity index (χ4n) is 9.46. The fraction of sp³-hybridized carbons (Fsp3) is 0.835. The molecule has 1 aromatic rings. The Morgan fingerprint density at radius 3 is 0.916 bits per heavy atom. The first-order valence-electron chi connectivity index (χ1n) is 35.3. The predicted molar refractivity (Wildman–Crippen MR) is 406 cm³/mol. The Morgan fingerprint density at radius 2 is 0.674 bits per heavy atom. The van der Waals surface area contributed by atoms with E-state index in [0.29, 0.717) is 42.9 Å². The van der Waals surface area contributed by atoms with Gasteiger partial charge in [-0.2, -0.15) is 0 Å². The Labute approximate surface area is 585 Å². The highest BCUT2D eigenvalue weighted by atomic mass is 16.3. The lowest BCUT2D eigenvalue weighted by molar-refractivity contribution is -0.132. The molecule has 7 unspecified atom stereocenters. The van der Waals surface area contributed by atoms with Gasteiger partial charge in [0.25, 0.3) is 0 Å². The number of Topliss-reactive ketones (excluding diaryl/α,β-unsaturated/α-hetero) is 7. The summed E-state index contributed by atoms with van der Waals surface area (Å²) < 4.78 is 0. The second-order valence-electron chi connectivity index (χ2n) is 38.6. The topological polar surface area (TPSA) is 254 Å². The number of aromatic nitrogens is 1. The first-order valence-corrected chi connectivity index (χ1v) is 35.3. The lowest BCUT2D eigenvalue weighted by Gasteiger charge is -2.34. The van der Waals surface area contributed by atoms with Crippen LogP contribution in [-0.2, 0) is 40.0 Å². The van der Waals surface area contributed by atoms with Crippen LogP contribution in [0.5, 0.6) is 0 Å². The van der Waals surface area contributed by atoms with E-state index in [4.69, 9.17) is 5.73 Å². The number of hydrogen-bond donors (Lipinski definition) is 9. The molecule has 0 amide bonds.